The smallest absolute Gasteiger partial charge is 0.286 e. The van der Waals surface area contributed by atoms with E-state index < -0.39 is 4.92 Å². The summed E-state index contributed by atoms with van der Waals surface area (Å²) in [6.07, 6.45) is 4.84. The Morgan fingerprint density at radius 2 is 1.71 bits per heavy atom. The predicted octanol–water partition coefficient (Wildman–Crippen LogP) is 4.08. The highest BCUT2D eigenvalue weighted by atomic mass is 32.2. The molecule has 0 N–H and O–H groups in total. The van der Waals surface area contributed by atoms with Gasteiger partial charge in [-0.2, -0.15) is 4.99 Å². The lowest BCUT2D eigenvalue weighted by atomic mass is 10.1. The number of carbonyl (C=O) groups is 1. The van der Waals surface area contributed by atoms with Gasteiger partial charge in [0.25, 0.3) is 11.6 Å². The monoisotopic (exact) mass is 438 g/mol. The summed E-state index contributed by atoms with van der Waals surface area (Å²) in [6, 6.07) is 13.1. The van der Waals surface area contributed by atoms with Crippen LogP contribution in [0.1, 0.15) is 5.56 Å². The zero-order valence-electron chi connectivity index (χ0n) is 16.5. The number of nitrogens with zero attached hydrogens (tertiary/aromatic N) is 4. The molecule has 0 aromatic heterocycles. The van der Waals surface area contributed by atoms with Gasteiger partial charge in [0.15, 0.2) is 5.17 Å². The maximum atomic E-state index is 14.0. The summed E-state index contributed by atoms with van der Waals surface area (Å²) >= 11 is 1.28. The van der Waals surface area contributed by atoms with Crippen molar-refractivity contribution in [1.29, 1.82) is 0 Å². The van der Waals surface area contributed by atoms with Crippen molar-refractivity contribution >= 4 is 40.3 Å². The van der Waals surface area contributed by atoms with E-state index in [9.17, 15) is 19.3 Å². The lowest BCUT2D eigenvalue weighted by Gasteiger charge is -2.36. The van der Waals surface area contributed by atoms with Crippen LogP contribution in [0.5, 0.6) is 0 Å². The number of thioether (sulfide) groups is 1. The minimum Gasteiger partial charge on any atom is -0.366 e. The summed E-state index contributed by atoms with van der Waals surface area (Å²) in [5.74, 6) is -0.571. The van der Waals surface area contributed by atoms with Crippen LogP contribution in [0.3, 0.4) is 0 Å². The SMILES string of the molecule is O=C1N=C(N2CCN(c3ccccc3F)CC2)S/C1=C\C=C\c1ccccc1[N+](=O)[O-]. The highest BCUT2D eigenvalue weighted by Gasteiger charge is 2.28. The second-order valence-electron chi connectivity index (χ2n) is 6.93. The van der Waals surface area contributed by atoms with E-state index in [1.807, 2.05) is 15.9 Å². The summed E-state index contributed by atoms with van der Waals surface area (Å²) in [5.41, 5.74) is 1.05. The first-order valence-electron chi connectivity index (χ1n) is 9.70. The fourth-order valence-electron chi connectivity index (χ4n) is 3.43. The molecule has 2 aromatic carbocycles. The highest BCUT2D eigenvalue weighted by Crippen LogP contribution is 2.30. The zero-order valence-corrected chi connectivity index (χ0v) is 17.3. The number of nitro groups is 1. The Hall–Kier alpha value is -3.46. The zero-order chi connectivity index (χ0) is 21.8. The van der Waals surface area contributed by atoms with Crippen LogP contribution >= 0.6 is 11.8 Å². The molecule has 7 nitrogen and oxygen atoms in total. The van der Waals surface area contributed by atoms with E-state index in [1.165, 1.54) is 23.9 Å². The van der Waals surface area contributed by atoms with E-state index in [0.29, 0.717) is 47.5 Å². The molecule has 1 fully saturated rings. The van der Waals surface area contributed by atoms with Gasteiger partial charge in [-0.15, -0.1) is 0 Å². The number of allylic oxidation sites excluding steroid dienone is 2. The molecule has 0 radical (unpaired) electrons. The van der Waals surface area contributed by atoms with Gasteiger partial charge in [0.05, 0.1) is 21.1 Å². The molecule has 158 valence electrons. The Labute approximate surface area is 182 Å². The number of anilines is 1. The molecule has 2 heterocycles. The van der Waals surface area contributed by atoms with Crippen LogP contribution in [0, 0.1) is 15.9 Å². The number of hydrogen-bond acceptors (Lipinski definition) is 6. The summed E-state index contributed by atoms with van der Waals surface area (Å²) in [5, 5.41) is 11.7. The van der Waals surface area contributed by atoms with E-state index in [4.69, 9.17) is 0 Å². The quantitative estimate of drug-likeness (QED) is 0.407. The van der Waals surface area contributed by atoms with Crippen molar-refractivity contribution in [2.45, 2.75) is 0 Å². The van der Waals surface area contributed by atoms with Gasteiger partial charge in [-0.25, -0.2) is 4.39 Å². The van der Waals surface area contributed by atoms with Crippen molar-refractivity contribution < 1.29 is 14.1 Å². The molecule has 0 atom stereocenters. The molecule has 0 saturated carbocycles. The molecule has 0 bridgehead atoms. The van der Waals surface area contributed by atoms with Gasteiger partial charge in [0.1, 0.15) is 5.82 Å². The normalized spacial score (nSPS) is 18.2. The number of amidine groups is 1. The van der Waals surface area contributed by atoms with Gasteiger partial charge >= 0.3 is 0 Å². The summed E-state index contributed by atoms with van der Waals surface area (Å²) in [4.78, 5) is 31.5. The Morgan fingerprint density at radius 3 is 2.45 bits per heavy atom. The topological polar surface area (TPSA) is 79.0 Å². The maximum absolute atomic E-state index is 14.0. The molecule has 1 saturated heterocycles. The minimum absolute atomic E-state index is 0.00668. The lowest BCUT2D eigenvalue weighted by molar-refractivity contribution is -0.385. The van der Waals surface area contributed by atoms with Crippen molar-refractivity contribution in [3.63, 3.8) is 0 Å². The van der Waals surface area contributed by atoms with Crippen LogP contribution in [-0.4, -0.2) is 47.1 Å². The Bertz CT molecular complexity index is 1110. The molecule has 0 unspecified atom stereocenters. The molecule has 0 aliphatic carbocycles. The molecule has 2 aromatic rings. The van der Waals surface area contributed by atoms with E-state index in [2.05, 4.69) is 4.99 Å². The minimum atomic E-state index is -0.440. The second-order valence-corrected chi connectivity index (χ2v) is 7.94. The fourth-order valence-corrected chi connectivity index (χ4v) is 4.34. The number of piperazine rings is 1. The number of hydrogen-bond donors (Lipinski definition) is 0. The number of para-hydroxylation sites is 2. The average Bonchev–Trinajstić information content (AvgIpc) is 3.15. The van der Waals surface area contributed by atoms with Crippen LogP contribution in [-0.2, 0) is 4.79 Å². The summed E-state index contributed by atoms with van der Waals surface area (Å²) < 4.78 is 14.0. The van der Waals surface area contributed by atoms with Gasteiger partial charge in [-0.1, -0.05) is 30.3 Å². The molecule has 2 aliphatic rings. The van der Waals surface area contributed by atoms with Crippen LogP contribution in [0.2, 0.25) is 0 Å². The third kappa shape index (κ3) is 4.66. The lowest BCUT2D eigenvalue weighted by Crippen LogP contribution is -2.48. The number of amides is 1. The Balaban J connectivity index is 1.38. The van der Waals surface area contributed by atoms with Crippen LogP contribution < -0.4 is 4.90 Å². The number of halogens is 1. The first kappa shape index (κ1) is 20.8. The molecular formula is C22H19FN4O3S. The first-order valence-corrected chi connectivity index (χ1v) is 10.5. The molecular weight excluding hydrogens is 419 g/mol. The van der Waals surface area contributed by atoms with Crippen LogP contribution in [0.4, 0.5) is 15.8 Å². The number of nitro benzene ring substituents is 1. The third-order valence-corrected chi connectivity index (χ3v) is 6.07. The van der Waals surface area contributed by atoms with E-state index in [-0.39, 0.29) is 17.4 Å². The van der Waals surface area contributed by atoms with Crippen molar-refractivity contribution in [2.75, 3.05) is 31.1 Å². The molecule has 2 aliphatic heterocycles. The van der Waals surface area contributed by atoms with E-state index >= 15 is 0 Å². The standard InChI is InChI=1S/C22H19FN4O3S/c23-17-8-2-4-10-19(17)25-12-14-26(15-13-25)22-24-21(28)20(31-22)11-5-7-16-6-1-3-9-18(16)27(29)30/h1-11H,12-15H2/b7-5+,20-11-. The number of benzene rings is 2. The first-order chi connectivity index (χ1) is 15.0. The van der Waals surface area contributed by atoms with Crippen LogP contribution in [0.25, 0.3) is 6.08 Å². The van der Waals surface area contributed by atoms with Crippen molar-refractivity contribution in [3.05, 3.63) is 87.1 Å². The molecule has 31 heavy (non-hydrogen) atoms. The third-order valence-electron chi connectivity index (χ3n) is 5.01. The number of aliphatic imine (C=N–C) groups is 1. The second kappa shape index (κ2) is 9.13. The summed E-state index contributed by atoms with van der Waals surface area (Å²) in [7, 11) is 0. The van der Waals surface area contributed by atoms with Crippen molar-refractivity contribution in [2.24, 2.45) is 4.99 Å². The number of carbonyl (C=O) groups excluding carboxylic acids is 1. The van der Waals surface area contributed by atoms with Crippen molar-refractivity contribution in [3.8, 4) is 0 Å². The Kier molecular flexibility index (Phi) is 6.13. The average molecular weight is 438 g/mol. The van der Waals surface area contributed by atoms with Gasteiger partial charge in [0.2, 0.25) is 0 Å². The van der Waals surface area contributed by atoms with Gasteiger partial charge in [-0.05, 0) is 42.1 Å². The largest absolute Gasteiger partial charge is 0.366 e. The molecule has 4 rings (SSSR count). The maximum Gasteiger partial charge on any atom is 0.286 e. The molecule has 0 spiro atoms. The van der Waals surface area contributed by atoms with Gasteiger partial charge in [0, 0.05) is 32.2 Å². The van der Waals surface area contributed by atoms with E-state index in [0.717, 1.165) is 0 Å². The van der Waals surface area contributed by atoms with Crippen LogP contribution in [0.15, 0.2) is 70.6 Å². The van der Waals surface area contributed by atoms with Gasteiger partial charge < -0.3 is 9.80 Å². The number of rotatable bonds is 4. The van der Waals surface area contributed by atoms with E-state index in [1.54, 1.807) is 48.6 Å². The Morgan fingerprint density at radius 1 is 1.03 bits per heavy atom. The predicted molar refractivity (Wildman–Crippen MR) is 120 cm³/mol. The highest BCUT2D eigenvalue weighted by molar-refractivity contribution is 8.18. The molecule has 1 amide bonds. The van der Waals surface area contributed by atoms with Crippen molar-refractivity contribution in [1.82, 2.24) is 4.90 Å². The fraction of sp³-hybridized carbons (Fsp3) is 0.182. The summed E-state index contributed by atoms with van der Waals surface area (Å²) in [6.45, 7) is 2.52. The van der Waals surface area contributed by atoms with Gasteiger partial charge in [-0.3, -0.25) is 14.9 Å². The molecule has 9 heteroatoms.